The summed E-state index contributed by atoms with van der Waals surface area (Å²) >= 11 is 0. The van der Waals surface area contributed by atoms with Gasteiger partial charge in [0, 0.05) is 52.2 Å². The number of carbonyl (C=O) groups is 2. The van der Waals surface area contributed by atoms with Crippen LogP contribution in [0.15, 0.2) is 54.6 Å². The van der Waals surface area contributed by atoms with Crippen LogP contribution in [0.3, 0.4) is 0 Å². The molecule has 5 nitrogen and oxygen atoms in total. The lowest BCUT2D eigenvalue weighted by molar-refractivity contribution is -0.137. The van der Waals surface area contributed by atoms with Crippen molar-refractivity contribution < 1.29 is 9.59 Å². The lowest BCUT2D eigenvalue weighted by atomic mass is 10.1. The molecule has 2 aliphatic rings. The molecule has 152 valence electrons. The standard InChI is InChI=1S/C24H29N3O2/c1-19-6-5-9-21(14-19)17-27-18-22(15-23(27)28)24(29)26-12-10-25(11-13-26)16-20-7-3-2-4-8-20/h2-9,14,22H,10-13,15-18H2,1H3. The van der Waals surface area contributed by atoms with Crippen LogP contribution in [0, 0.1) is 12.8 Å². The van der Waals surface area contributed by atoms with Gasteiger partial charge in [-0.2, -0.15) is 0 Å². The SMILES string of the molecule is Cc1cccc(CN2CC(C(=O)N3CCN(Cc4ccccc4)CC3)CC2=O)c1. The van der Waals surface area contributed by atoms with Crippen LogP contribution in [0.2, 0.25) is 0 Å². The van der Waals surface area contributed by atoms with Gasteiger partial charge in [0.25, 0.3) is 0 Å². The van der Waals surface area contributed by atoms with Crippen LogP contribution in [0.4, 0.5) is 0 Å². The highest BCUT2D eigenvalue weighted by atomic mass is 16.2. The molecule has 2 heterocycles. The monoisotopic (exact) mass is 391 g/mol. The number of aryl methyl sites for hydroxylation is 1. The first kappa shape index (κ1) is 19.6. The number of amides is 2. The van der Waals surface area contributed by atoms with E-state index in [2.05, 4.69) is 48.2 Å². The summed E-state index contributed by atoms with van der Waals surface area (Å²) in [5.41, 5.74) is 3.62. The van der Waals surface area contributed by atoms with Crippen molar-refractivity contribution in [3.8, 4) is 0 Å². The Bertz CT molecular complexity index is 859. The summed E-state index contributed by atoms with van der Waals surface area (Å²) in [4.78, 5) is 31.6. The van der Waals surface area contributed by atoms with Crippen LogP contribution in [-0.2, 0) is 22.7 Å². The maximum Gasteiger partial charge on any atom is 0.228 e. The Labute approximate surface area is 172 Å². The lowest BCUT2D eigenvalue weighted by Gasteiger charge is -2.36. The van der Waals surface area contributed by atoms with E-state index in [1.807, 2.05) is 28.0 Å². The van der Waals surface area contributed by atoms with Gasteiger partial charge in [-0.15, -0.1) is 0 Å². The van der Waals surface area contributed by atoms with Gasteiger partial charge in [0.05, 0.1) is 5.92 Å². The Balaban J connectivity index is 1.28. The lowest BCUT2D eigenvalue weighted by Crippen LogP contribution is -2.50. The molecule has 0 radical (unpaired) electrons. The second-order valence-corrected chi connectivity index (χ2v) is 8.25. The second kappa shape index (κ2) is 8.78. The van der Waals surface area contributed by atoms with E-state index < -0.39 is 0 Å². The molecule has 2 saturated heterocycles. The quantitative estimate of drug-likeness (QED) is 0.787. The van der Waals surface area contributed by atoms with E-state index in [1.54, 1.807) is 0 Å². The number of likely N-dealkylation sites (tertiary alicyclic amines) is 1. The molecule has 0 bridgehead atoms. The van der Waals surface area contributed by atoms with E-state index in [0.717, 1.165) is 38.3 Å². The minimum absolute atomic E-state index is 0.0903. The van der Waals surface area contributed by atoms with Gasteiger partial charge in [0.2, 0.25) is 11.8 Å². The van der Waals surface area contributed by atoms with Gasteiger partial charge in [-0.05, 0) is 18.1 Å². The zero-order valence-corrected chi connectivity index (χ0v) is 17.1. The summed E-state index contributed by atoms with van der Waals surface area (Å²) in [6, 6.07) is 18.7. The molecule has 1 atom stereocenters. The number of hydrogen-bond donors (Lipinski definition) is 0. The maximum atomic E-state index is 13.0. The molecule has 0 aromatic heterocycles. The van der Waals surface area contributed by atoms with Gasteiger partial charge in [0.15, 0.2) is 0 Å². The summed E-state index contributed by atoms with van der Waals surface area (Å²) in [6.07, 6.45) is 0.342. The molecule has 0 saturated carbocycles. The van der Waals surface area contributed by atoms with Crippen molar-refractivity contribution in [3.05, 3.63) is 71.3 Å². The molecule has 5 heteroatoms. The number of rotatable bonds is 5. The molecule has 2 aliphatic heterocycles. The van der Waals surface area contributed by atoms with Gasteiger partial charge in [-0.25, -0.2) is 0 Å². The first-order chi connectivity index (χ1) is 14.1. The zero-order chi connectivity index (χ0) is 20.2. The normalized spacial score (nSPS) is 20.3. The minimum Gasteiger partial charge on any atom is -0.340 e. The van der Waals surface area contributed by atoms with Crippen LogP contribution in [0.25, 0.3) is 0 Å². The van der Waals surface area contributed by atoms with Crippen LogP contribution >= 0.6 is 0 Å². The first-order valence-corrected chi connectivity index (χ1v) is 10.5. The summed E-state index contributed by atoms with van der Waals surface area (Å²) in [7, 11) is 0. The average molecular weight is 392 g/mol. The Morgan fingerprint density at radius 1 is 0.931 bits per heavy atom. The summed E-state index contributed by atoms with van der Waals surface area (Å²) in [5.74, 6) is 0.0324. The maximum absolute atomic E-state index is 13.0. The van der Waals surface area contributed by atoms with Crippen molar-refractivity contribution in [2.24, 2.45) is 5.92 Å². The van der Waals surface area contributed by atoms with Crippen LogP contribution in [0.5, 0.6) is 0 Å². The molecule has 2 aromatic rings. The number of hydrogen-bond acceptors (Lipinski definition) is 3. The zero-order valence-electron chi connectivity index (χ0n) is 17.1. The summed E-state index contributed by atoms with van der Waals surface area (Å²) in [5, 5.41) is 0. The highest BCUT2D eigenvalue weighted by molar-refractivity contribution is 5.89. The van der Waals surface area contributed by atoms with Crippen molar-refractivity contribution in [3.63, 3.8) is 0 Å². The van der Waals surface area contributed by atoms with E-state index in [9.17, 15) is 9.59 Å². The molecule has 2 fully saturated rings. The number of benzene rings is 2. The van der Waals surface area contributed by atoms with E-state index in [0.29, 0.717) is 19.5 Å². The third-order valence-electron chi connectivity index (χ3n) is 5.95. The van der Waals surface area contributed by atoms with Crippen LogP contribution in [0.1, 0.15) is 23.1 Å². The Hall–Kier alpha value is -2.66. The van der Waals surface area contributed by atoms with Crippen LogP contribution in [-0.4, -0.2) is 59.2 Å². The van der Waals surface area contributed by atoms with Gasteiger partial charge in [-0.3, -0.25) is 14.5 Å². The van der Waals surface area contributed by atoms with Crippen molar-refractivity contribution in [2.75, 3.05) is 32.7 Å². The van der Waals surface area contributed by atoms with Crippen LogP contribution < -0.4 is 0 Å². The van der Waals surface area contributed by atoms with E-state index in [1.165, 1.54) is 11.1 Å². The largest absolute Gasteiger partial charge is 0.340 e. The fourth-order valence-electron chi connectivity index (χ4n) is 4.35. The summed E-state index contributed by atoms with van der Waals surface area (Å²) < 4.78 is 0. The van der Waals surface area contributed by atoms with E-state index in [-0.39, 0.29) is 17.7 Å². The third kappa shape index (κ3) is 4.85. The first-order valence-electron chi connectivity index (χ1n) is 10.5. The van der Waals surface area contributed by atoms with Crippen molar-refractivity contribution >= 4 is 11.8 Å². The van der Waals surface area contributed by atoms with Crippen molar-refractivity contribution in [1.29, 1.82) is 0 Å². The highest BCUT2D eigenvalue weighted by Gasteiger charge is 2.37. The molecule has 2 aromatic carbocycles. The van der Waals surface area contributed by atoms with Gasteiger partial charge < -0.3 is 9.80 Å². The molecule has 4 rings (SSSR count). The molecule has 0 N–H and O–H groups in total. The highest BCUT2D eigenvalue weighted by Crippen LogP contribution is 2.23. The van der Waals surface area contributed by atoms with Gasteiger partial charge in [0.1, 0.15) is 0 Å². The minimum atomic E-state index is -0.201. The Kier molecular flexibility index (Phi) is 5.95. The average Bonchev–Trinajstić information content (AvgIpc) is 3.09. The van der Waals surface area contributed by atoms with Gasteiger partial charge >= 0.3 is 0 Å². The third-order valence-corrected chi connectivity index (χ3v) is 5.95. The Morgan fingerprint density at radius 3 is 2.38 bits per heavy atom. The molecule has 29 heavy (non-hydrogen) atoms. The van der Waals surface area contributed by atoms with E-state index >= 15 is 0 Å². The number of carbonyl (C=O) groups excluding carboxylic acids is 2. The molecule has 0 aliphatic carbocycles. The summed E-state index contributed by atoms with van der Waals surface area (Å²) in [6.45, 7) is 7.37. The number of piperazine rings is 1. The molecular formula is C24H29N3O2. The molecular weight excluding hydrogens is 362 g/mol. The second-order valence-electron chi connectivity index (χ2n) is 8.25. The molecule has 1 unspecified atom stereocenters. The predicted octanol–water partition coefficient (Wildman–Crippen LogP) is 2.69. The molecule has 0 spiro atoms. The van der Waals surface area contributed by atoms with Gasteiger partial charge in [-0.1, -0.05) is 60.2 Å². The smallest absolute Gasteiger partial charge is 0.228 e. The predicted molar refractivity (Wildman–Crippen MR) is 113 cm³/mol. The van der Waals surface area contributed by atoms with Crippen molar-refractivity contribution in [2.45, 2.75) is 26.4 Å². The number of nitrogens with zero attached hydrogens (tertiary/aromatic N) is 3. The van der Waals surface area contributed by atoms with Crippen molar-refractivity contribution in [1.82, 2.24) is 14.7 Å². The topological polar surface area (TPSA) is 43.9 Å². The van der Waals surface area contributed by atoms with E-state index in [4.69, 9.17) is 0 Å². The fourth-order valence-corrected chi connectivity index (χ4v) is 4.35. The Morgan fingerprint density at radius 2 is 1.66 bits per heavy atom. The molecule has 2 amide bonds. The fraction of sp³-hybridized carbons (Fsp3) is 0.417.